The molecule has 2 nitrogen and oxygen atoms in total. The van der Waals surface area contributed by atoms with E-state index in [1.807, 2.05) is 0 Å². The third-order valence-electron chi connectivity index (χ3n) is 8.07. The topological polar surface area (TPSA) is 37.3 Å². The number of ketones is 1. The summed E-state index contributed by atoms with van der Waals surface area (Å²) in [5, 5.41) is 10.4. The molecule has 4 aliphatic carbocycles. The van der Waals surface area contributed by atoms with E-state index in [1.54, 1.807) is 0 Å². The van der Waals surface area contributed by atoms with Gasteiger partial charge < -0.3 is 5.11 Å². The molecular formula is C18H28O2. The molecule has 0 unspecified atom stereocenters. The third kappa shape index (κ3) is 1.52. The van der Waals surface area contributed by atoms with Crippen molar-refractivity contribution in [3.63, 3.8) is 0 Å². The molecule has 112 valence electrons. The van der Waals surface area contributed by atoms with Gasteiger partial charge in [-0.2, -0.15) is 0 Å². The standard InChI is InChI=1S/C18H28O2/c1-17-8-7-15-13(14(17)5-6-16(17)20)4-3-11-9-12(19)10-18(11,15)2/h11,13-16,20H,3-10H2,1-2H3/t11-,13+,14-,15+,16-,17-,18-/m0/s1. The number of hydrogen-bond donors (Lipinski definition) is 1. The van der Waals surface area contributed by atoms with Crippen molar-refractivity contribution in [3.8, 4) is 0 Å². The van der Waals surface area contributed by atoms with Gasteiger partial charge in [0.05, 0.1) is 6.10 Å². The van der Waals surface area contributed by atoms with Crippen molar-refractivity contribution in [1.82, 2.24) is 0 Å². The molecule has 20 heavy (non-hydrogen) atoms. The zero-order chi connectivity index (χ0) is 14.1. The average molecular weight is 276 g/mol. The summed E-state index contributed by atoms with van der Waals surface area (Å²) in [4.78, 5) is 12.0. The Morgan fingerprint density at radius 1 is 1.00 bits per heavy atom. The Morgan fingerprint density at radius 3 is 2.55 bits per heavy atom. The van der Waals surface area contributed by atoms with Crippen LogP contribution in [0.1, 0.15) is 65.2 Å². The maximum absolute atomic E-state index is 12.0. The molecule has 0 heterocycles. The van der Waals surface area contributed by atoms with E-state index in [9.17, 15) is 9.90 Å². The van der Waals surface area contributed by atoms with Gasteiger partial charge in [0.15, 0.2) is 0 Å². The van der Waals surface area contributed by atoms with E-state index in [0.29, 0.717) is 17.6 Å². The molecule has 0 spiro atoms. The first-order valence-electron chi connectivity index (χ1n) is 8.65. The normalized spacial score (nSPS) is 58.1. The zero-order valence-electron chi connectivity index (χ0n) is 12.9. The molecule has 7 atom stereocenters. The number of fused-ring (bicyclic) bond motifs is 5. The maximum atomic E-state index is 12.0. The molecule has 0 aromatic rings. The number of aliphatic hydroxyl groups excluding tert-OH is 1. The van der Waals surface area contributed by atoms with Crippen LogP contribution in [0, 0.1) is 34.5 Å². The van der Waals surface area contributed by atoms with Gasteiger partial charge in [-0.05, 0) is 73.0 Å². The molecule has 4 aliphatic rings. The first-order valence-corrected chi connectivity index (χ1v) is 8.65. The summed E-state index contributed by atoms with van der Waals surface area (Å²) < 4.78 is 0. The fourth-order valence-electron chi connectivity index (χ4n) is 6.89. The molecule has 0 aromatic carbocycles. The molecule has 0 bridgehead atoms. The number of carbonyl (C=O) groups excluding carboxylic acids is 1. The minimum Gasteiger partial charge on any atom is -0.393 e. The molecule has 0 amide bonds. The summed E-state index contributed by atoms with van der Waals surface area (Å²) >= 11 is 0. The summed E-state index contributed by atoms with van der Waals surface area (Å²) in [7, 11) is 0. The van der Waals surface area contributed by atoms with Crippen LogP contribution in [0.2, 0.25) is 0 Å². The van der Waals surface area contributed by atoms with Crippen LogP contribution >= 0.6 is 0 Å². The highest BCUT2D eigenvalue weighted by atomic mass is 16.3. The number of carbonyl (C=O) groups is 1. The van der Waals surface area contributed by atoms with Crippen LogP contribution in [0.5, 0.6) is 0 Å². The lowest BCUT2D eigenvalue weighted by Crippen LogP contribution is -2.51. The van der Waals surface area contributed by atoms with Crippen LogP contribution in [0.25, 0.3) is 0 Å². The largest absolute Gasteiger partial charge is 0.393 e. The Bertz CT molecular complexity index is 445. The third-order valence-corrected chi connectivity index (χ3v) is 8.07. The van der Waals surface area contributed by atoms with Gasteiger partial charge in [0.1, 0.15) is 5.78 Å². The Balaban J connectivity index is 1.67. The summed E-state index contributed by atoms with van der Waals surface area (Å²) in [5.74, 6) is 3.41. The fourth-order valence-corrected chi connectivity index (χ4v) is 6.89. The first-order chi connectivity index (χ1) is 9.45. The van der Waals surface area contributed by atoms with Gasteiger partial charge in [-0.25, -0.2) is 0 Å². The van der Waals surface area contributed by atoms with Gasteiger partial charge >= 0.3 is 0 Å². The van der Waals surface area contributed by atoms with Gasteiger partial charge in [0.2, 0.25) is 0 Å². The molecule has 4 rings (SSSR count). The molecule has 0 saturated heterocycles. The lowest BCUT2D eigenvalue weighted by atomic mass is 9.48. The smallest absolute Gasteiger partial charge is 0.133 e. The van der Waals surface area contributed by atoms with E-state index in [1.165, 1.54) is 32.1 Å². The molecule has 0 aliphatic heterocycles. The Hall–Kier alpha value is -0.370. The molecule has 2 heteroatoms. The summed E-state index contributed by atoms with van der Waals surface area (Å²) in [5.41, 5.74) is 0.460. The number of rotatable bonds is 0. The lowest BCUT2D eigenvalue weighted by Gasteiger charge is -2.56. The maximum Gasteiger partial charge on any atom is 0.133 e. The van der Waals surface area contributed by atoms with E-state index in [2.05, 4.69) is 13.8 Å². The Labute approximate surface area is 122 Å². The molecule has 0 aromatic heterocycles. The second-order valence-electron chi connectivity index (χ2n) is 8.71. The minimum atomic E-state index is -0.0795. The van der Waals surface area contributed by atoms with Gasteiger partial charge in [-0.3, -0.25) is 4.79 Å². The van der Waals surface area contributed by atoms with Crippen molar-refractivity contribution in [2.75, 3.05) is 0 Å². The predicted molar refractivity (Wildman–Crippen MR) is 78.1 cm³/mol. The lowest BCUT2D eigenvalue weighted by molar-refractivity contribution is -0.119. The highest BCUT2D eigenvalue weighted by Crippen LogP contribution is 2.66. The minimum absolute atomic E-state index is 0.0795. The van der Waals surface area contributed by atoms with Crippen LogP contribution in [-0.2, 0) is 4.79 Å². The molecular weight excluding hydrogens is 248 g/mol. The van der Waals surface area contributed by atoms with Gasteiger partial charge in [0.25, 0.3) is 0 Å². The van der Waals surface area contributed by atoms with E-state index in [0.717, 1.165) is 31.1 Å². The Morgan fingerprint density at radius 2 is 1.75 bits per heavy atom. The quantitative estimate of drug-likeness (QED) is 0.734. The van der Waals surface area contributed by atoms with Crippen LogP contribution < -0.4 is 0 Å². The second-order valence-corrected chi connectivity index (χ2v) is 8.71. The van der Waals surface area contributed by atoms with Crippen molar-refractivity contribution in [1.29, 1.82) is 0 Å². The van der Waals surface area contributed by atoms with E-state index >= 15 is 0 Å². The van der Waals surface area contributed by atoms with Crippen molar-refractivity contribution in [2.24, 2.45) is 34.5 Å². The SMILES string of the molecule is C[C@]12CC(=O)C[C@@H]1CC[C@H]1[C@H]2CC[C@]2(C)[C@@H](O)CC[C@@H]12. The average Bonchev–Trinajstić information content (AvgIpc) is 2.86. The molecule has 4 saturated carbocycles. The highest BCUT2D eigenvalue weighted by molar-refractivity contribution is 5.82. The molecule has 0 radical (unpaired) electrons. The number of aliphatic hydroxyl groups is 1. The summed E-state index contributed by atoms with van der Waals surface area (Å²) in [6.45, 7) is 4.74. The van der Waals surface area contributed by atoms with E-state index in [-0.39, 0.29) is 16.9 Å². The van der Waals surface area contributed by atoms with Gasteiger partial charge in [-0.15, -0.1) is 0 Å². The van der Waals surface area contributed by atoms with Crippen LogP contribution in [-0.4, -0.2) is 17.0 Å². The molecule has 1 N–H and O–H groups in total. The summed E-state index contributed by atoms with van der Waals surface area (Å²) in [6.07, 6.45) is 8.82. The van der Waals surface area contributed by atoms with Crippen molar-refractivity contribution in [3.05, 3.63) is 0 Å². The van der Waals surface area contributed by atoms with Gasteiger partial charge in [0, 0.05) is 12.8 Å². The predicted octanol–water partition coefficient (Wildman–Crippen LogP) is 3.57. The van der Waals surface area contributed by atoms with Crippen molar-refractivity contribution in [2.45, 2.75) is 71.3 Å². The van der Waals surface area contributed by atoms with Crippen LogP contribution in [0.15, 0.2) is 0 Å². The van der Waals surface area contributed by atoms with Crippen molar-refractivity contribution < 1.29 is 9.90 Å². The number of hydrogen-bond acceptors (Lipinski definition) is 2. The first kappa shape index (κ1) is 13.3. The number of Topliss-reactive ketones (excluding diaryl/α,β-unsaturated/α-hetero) is 1. The van der Waals surface area contributed by atoms with Crippen molar-refractivity contribution >= 4 is 5.78 Å². The van der Waals surface area contributed by atoms with E-state index < -0.39 is 0 Å². The monoisotopic (exact) mass is 276 g/mol. The summed E-state index contributed by atoms with van der Waals surface area (Å²) in [6, 6.07) is 0. The fraction of sp³-hybridized carbons (Fsp3) is 0.944. The zero-order valence-corrected chi connectivity index (χ0v) is 12.9. The van der Waals surface area contributed by atoms with Crippen LogP contribution in [0.3, 0.4) is 0 Å². The van der Waals surface area contributed by atoms with Gasteiger partial charge in [-0.1, -0.05) is 13.8 Å². The van der Waals surface area contributed by atoms with Crippen LogP contribution in [0.4, 0.5) is 0 Å². The molecule has 4 fully saturated rings. The second kappa shape index (κ2) is 4.09. The van der Waals surface area contributed by atoms with E-state index in [4.69, 9.17) is 0 Å². The Kier molecular flexibility index (Phi) is 2.72. The highest BCUT2D eigenvalue weighted by Gasteiger charge is 2.61.